The molecule has 0 aliphatic carbocycles. The van der Waals surface area contributed by atoms with Crippen LogP contribution >= 0.6 is 11.3 Å². The number of aromatic nitrogens is 1. The predicted octanol–water partition coefficient (Wildman–Crippen LogP) is 5.48. The lowest BCUT2D eigenvalue weighted by atomic mass is 10.2. The van der Waals surface area contributed by atoms with Gasteiger partial charge in [0.25, 0.3) is 0 Å². The number of esters is 1. The number of carbonyl (C=O) groups excluding carboxylic acids is 1. The monoisotopic (exact) mass is 399 g/mol. The van der Waals surface area contributed by atoms with Gasteiger partial charge in [-0.25, -0.2) is 9.78 Å². The Labute approximate surface area is 172 Å². The number of nitrogens with zero attached hydrogens (tertiary/aromatic N) is 2. The predicted molar refractivity (Wildman–Crippen MR) is 117 cm³/mol. The summed E-state index contributed by atoms with van der Waals surface area (Å²) in [6.07, 6.45) is 1.69. The van der Waals surface area contributed by atoms with Gasteiger partial charge in [-0.3, -0.25) is 5.43 Å². The van der Waals surface area contributed by atoms with Crippen molar-refractivity contribution in [3.05, 3.63) is 101 Å². The zero-order valence-electron chi connectivity index (χ0n) is 15.4. The number of benzene rings is 3. The summed E-state index contributed by atoms with van der Waals surface area (Å²) in [7, 11) is 0. The van der Waals surface area contributed by atoms with Crippen molar-refractivity contribution in [2.24, 2.45) is 5.10 Å². The largest absolute Gasteiger partial charge is 0.423 e. The molecule has 5 nitrogen and oxygen atoms in total. The second-order valence-electron chi connectivity index (χ2n) is 6.10. The van der Waals surface area contributed by atoms with Gasteiger partial charge in [0.1, 0.15) is 5.75 Å². The lowest BCUT2D eigenvalue weighted by Gasteiger charge is -2.04. The van der Waals surface area contributed by atoms with Crippen LogP contribution in [0.1, 0.15) is 15.9 Å². The standard InChI is InChI=1S/C23H17N3O2S/c27-22(19-9-5-2-6-10-19)28-20-13-11-17(12-14-20)15-24-26-23-25-21(16-29-23)18-7-3-1-4-8-18/h1-16H,(H,25,26)/b24-15+. The van der Waals surface area contributed by atoms with Gasteiger partial charge in [0, 0.05) is 10.9 Å². The first kappa shape index (κ1) is 18.6. The van der Waals surface area contributed by atoms with Gasteiger partial charge in [-0.05, 0) is 42.0 Å². The molecule has 4 rings (SSSR count). The molecule has 0 aliphatic heterocycles. The Morgan fingerprint density at radius 2 is 1.62 bits per heavy atom. The number of carbonyl (C=O) groups is 1. The highest BCUT2D eigenvalue weighted by molar-refractivity contribution is 7.14. The third-order valence-corrected chi connectivity index (χ3v) is 4.79. The van der Waals surface area contributed by atoms with Gasteiger partial charge in [-0.1, -0.05) is 48.5 Å². The van der Waals surface area contributed by atoms with Crippen LogP contribution in [0.25, 0.3) is 11.3 Å². The fourth-order valence-electron chi connectivity index (χ4n) is 2.59. The van der Waals surface area contributed by atoms with E-state index >= 15 is 0 Å². The molecule has 142 valence electrons. The maximum Gasteiger partial charge on any atom is 0.343 e. The van der Waals surface area contributed by atoms with E-state index in [1.807, 2.05) is 53.9 Å². The first-order valence-electron chi connectivity index (χ1n) is 8.95. The zero-order chi connectivity index (χ0) is 19.9. The van der Waals surface area contributed by atoms with Gasteiger partial charge < -0.3 is 4.74 Å². The van der Waals surface area contributed by atoms with E-state index in [1.165, 1.54) is 11.3 Å². The molecule has 0 radical (unpaired) electrons. The minimum atomic E-state index is -0.383. The Bertz CT molecular complexity index is 1110. The highest BCUT2D eigenvalue weighted by atomic mass is 32.1. The maximum atomic E-state index is 12.1. The number of hydrogen-bond donors (Lipinski definition) is 1. The van der Waals surface area contributed by atoms with Crippen LogP contribution in [-0.4, -0.2) is 17.2 Å². The molecule has 3 aromatic carbocycles. The third-order valence-electron chi connectivity index (χ3n) is 4.05. The molecule has 1 N–H and O–H groups in total. The fourth-order valence-corrected chi connectivity index (χ4v) is 3.26. The van der Waals surface area contributed by atoms with Crippen molar-refractivity contribution in [2.45, 2.75) is 0 Å². The number of rotatable bonds is 6. The quantitative estimate of drug-likeness (QED) is 0.202. The number of nitrogens with one attached hydrogen (secondary N) is 1. The van der Waals surface area contributed by atoms with E-state index in [4.69, 9.17) is 4.74 Å². The van der Waals surface area contributed by atoms with Crippen LogP contribution in [0.4, 0.5) is 5.13 Å². The van der Waals surface area contributed by atoms with Crippen molar-refractivity contribution in [1.82, 2.24) is 4.98 Å². The molecule has 0 aliphatic rings. The van der Waals surface area contributed by atoms with E-state index in [0.717, 1.165) is 16.8 Å². The second-order valence-corrected chi connectivity index (χ2v) is 6.96. The van der Waals surface area contributed by atoms with Gasteiger partial charge >= 0.3 is 5.97 Å². The van der Waals surface area contributed by atoms with Crippen molar-refractivity contribution < 1.29 is 9.53 Å². The number of thiazole rings is 1. The van der Waals surface area contributed by atoms with Crippen LogP contribution in [-0.2, 0) is 0 Å². The van der Waals surface area contributed by atoms with E-state index in [2.05, 4.69) is 15.5 Å². The minimum absolute atomic E-state index is 0.383. The van der Waals surface area contributed by atoms with Crippen molar-refractivity contribution in [3.63, 3.8) is 0 Å². The molecule has 0 saturated carbocycles. The van der Waals surface area contributed by atoms with Crippen LogP contribution in [0.2, 0.25) is 0 Å². The SMILES string of the molecule is O=C(Oc1ccc(/C=N/Nc2nc(-c3ccccc3)cs2)cc1)c1ccccc1. The minimum Gasteiger partial charge on any atom is -0.423 e. The van der Waals surface area contributed by atoms with Gasteiger partial charge in [-0.15, -0.1) is 11.3 Å². The molecule has 0 spiro atoms. The molecule has 0 bridgehead atoms. The van der Waals surface area contributed by atoms with Crippen molar-refractivity contribution in [1.29, 1.82) is 0 Å². The molecule has 0 atom stereocenters. The van der Waals surface area contributed by atoms with Gasteiger partial charge in [0.15, 0.2) is 0 Å². The summed E-state index contributed by atoms with van der Waals surface area (Å²) in [6.45, 7) is 0. The van der Waals surface area contributed by atoms with Gasteiger partial charge in [0.2, 0.25) is 5.13 Å². The van der Waals surface area contributed by atoms with E-state index in [9.17, 15) is 4.79 Å². The Morgan fingerprint density at radius 1 is 0.931 bits per heavy atom. The highest BCUT2D eigenvalue weighted by Crippen LogP contribution is 2.24. The zero-order valence-corrected chi connectivity index (χ0v) is 16.2. The molecular formula is C23H17N3O2S. The second kappa shape index (κ2) is 8.95. The average Bonchev–Trinajstić information content (AvgIpc) is 3.25. The van der Waals surface area contributed by atoms with E-state index in [0.29, 0.717) is 16.4 Å². The number of hydrazone groups is 1. The molecule has 4 aromatic rings. The van der Waals surface area contributed by atoms with Crippen molar-refractivity contribution in [3.8, 4) is 17.0 Å². The van der Waals surface area contributed by atoms with E-state index in [1.54, 1.807) is 42.6 Å². The molecule has 29 heavy (non-hydrogen) atoms. The molecule has 1 aromatic heterocycles. The summed E-state index contributed by atoms with van der Waals surface area (Å²) in [5.74, 6) is 0.100. The number of anilines is 1. The average molecular weight is 399 g/mol. The van der Waals surface area contributed by atoms with Crippen LogP contribution in [0.3, 0.4) is 0 Å². The van der Waals surface area contributed by atoms with Crippen molar-refractivity contribution >= 4 is 28.7 Å². The topological polar surface area (TPSA) is 63.6 Å². The third kappa shape index (κ3) is 4.94. The van der Waals surface area contributed by atoms with Crippen LogP contribution in [0.15, 0.2) is 95.4 Å². The summed E-state index contributed by atoms with van der Waals surface area (Å²) in [5, 5.41) is 6.93. The van der Waals surface area contributed by atoms with Crippen LogP contribution in [0, 0.1) is 0 Å². The molecule has 0 saturated heterocycles. The first-order chi connectivity index (χ1) is 14.3. The Balaban J connectivity index is 1.34. The molecule has 1 heterocycles. The van der Waals surface area contributed by atoms with Crippen molar-refractivity contribution in [2.75, 3.05) is 5.43 Å². The van der Waals surface area contributed by atoms with E-state index in [-0.39, 0.29) is 5.97 Å². The van der Waals surface area contributed by atoms with Crippen LogP contribution < -0.4 is 10.2 Å². The van der Waals surface area contributed by atoms with Crippen LogP contribution in [0.5, 0.6) is 5.75 Å². The van der Waals surface area contributed by atoms with E-state index < -0.39 is 0 Å². The molecule has 0 fully saturated rings. The van der Waals surface area contributed by atoms with Gasteiger partial charge in [-0.2, -0.15) is 5.10 Å². The summed E-state index contributed by atoms with van der Waals surface area (Å²) in [5.41, 5.74) is 6.32. The molecule has 0 unspecified atom stereocenters. The summed E-state index contributed by atoms with van der Waals surface area (Å²) in [6, 6.07) is 26.0. The maximum absolute atomic E-state index is 12.1. The Hall–Kier alpha value is -3.77. The lowest BCUT2D eigenvalue weighted by Crippen LogP contribution is -2.08. The normalized spacial score (nSPS) is 10.8. The summed E-state index contributed by atoms with van der Waals surface area (Å²) >= 11 is 1.49. The smallest absolute Gasteiger partial charge is 0.343 e. The first-order valence-corrected chi connectivity index (χ1v) is 9.83. The molecular weight excluding hydrogens is 382 g/mol. The highest BCUT2D eigenvalue weighted by Gasteiger charge is 2.07. The number of hydrogen-bond acceptors (Lipinski definition) is 6. The summed E-state index contributed by atoms with van der Waals surface area (Å²) in [4.78, 5) is 16.6. The summed E-state index contributed by atoms with van der Waals surface area (Å²) < 4.78 is 5.37. The van der Waals surface area contributed by atoms with Gasteiger partial charge in [0.05, 0.1) is 17.5 Å². The Kier molecular flexibility index (Phi) is 5.73. The lowest BCUT2D eigenvalue weighted by molar-refractivity contribution is 0.0735. The Morgan fingerprint density at radius 3 is 2.34 bits per heavy atom. The molecule has 6 heteroatoms. The number of ether oxygens (including phenoxy) is 1. The molecule has 0 amide bonds. The fraction of sp³-hybridized carbons (Fsp3) is 0.